The Hall–Kier alpha value is -1.84. The topological polar surface area (TPSA) is 66.4 Å². The normalized spacial score (nSPS) is 13.7. The van der Waals surface area contributed by atoms with E-state index in [1.165, 1.54) is 5.56 Å². The van der Waals surface area contributed by atoms with Crippen LogP contribution in [0.25, 0.3) is 0 Å². The van der Waals surface area contributed by atoms with Gasteiger partial charge in [0.1, 0.15) is 6.04 Å². The zero-order chi connectivity index (χ0) is 15.8. The van der Waals surface area contributed by atoms with Gasteiger partial charge < -0.3 is 10.4 Å². The zero-order valence-corrected chi connectivity index (χ0v) is 13.0. The second kappa shape index (κ2) is 8.45. The molecule has 116 valence electrons. The van der Waals surface area contributed by atoms with E-state index in [1.807, 2.05) is 25.1 Å². The summed E-state index contributed by atoms with van der Waals surface area (Å²) in [5, 5.41) is 11.7. The minimum atomic E-state index is -0.977. The smallest absolute Gasteiger partial charge is 0.326 e. The minimum Gasteiger partial charge on any atom is -0.480 e. The molecular formula is C17H25NO3. The van der Waals surface area contributed by atoms with Crippen molar-refractivity contribution < 1.29 is 14.7 Å². The van der Waals surface area contributed by atoms with E-state index < -0.39 is 12.0 Å². The molecule has 4 nitrogen and oxygen atoms in total. The van der Waals surface area contributed by atoms with Crippen LogP contribution in [0.15, 0.2) is 30.3 Å². The van der Waals surface area contributed by atoms with Gasteiger partial charge in [-0.3, -0.25) is 4.79 Å². The van der Waals surface area contributed by atoms with E-state index in [9.17, 15) is 9.59 Å². The first kappa shape index (κ1) is 17.2. The molecule has 0 saturated carbocycles. The molecule has 0 aromatic heterocycles. The van der Waals surface area contributed by atoms with Crippen LogP contribution in [-0.4, -0.2) is 23.0 Å². The third-order valence-electron chi connectivity index (χ3n) is 3.62. The summed E-state index contributed by atoms with van der Waals surface area (Å²) in [4.78, 5) is 23.1. The summed E-state index contributed by atoms with van der Waals surface area (Å²) in [5.74, 6) is -1.45. The summed E-state index contributed by atoms with van der Waals surface area (Å²) >= 11 is 0. The van der Waals surface area contributed by atoms with E-state index in [4.69, 9.17) is 5.11 Å². The number of hydrogen-bond acceptors (Lipinski definition) is 2. The van der Waals surface area contributed by atoms with E-state index >= 15 is 0 Å². The van der Waals surface area contributed by atoms with Crippen LogP contribution >= 0.6 is 0 Å². The van der Waals surface area contributed by atoms with Crippen LogP contribution in [0.2, 0.25) is 0 Å². The van der Waals surface area contributed by atoms with Crippen molar-refractivity contribution in [2.75, 3.05) is 0 Å². The van der Waals surface area contributed by atoms with Crippen LogP contribution < -0.4 is 5.32 Å². The van der Waals surface area contributed by atoms with Crippen LogP contribution in [0.3, 0.4) is 0 Å². The monoisotopic (exact) mass is 291 g/mol. The largest absolute Gasteiger partial charge is 0.480 e. The molecule has 0 fully saturated rings. The average Bonchev–Trinajstić information content (AvgIpc) is 2.44. The highest BCUT2D eigenvalue weighted by Gasteiger charge is 2.25. The van der Waals surface area contributed by atoms with Crippen molar-refractivity contribution in [2.45, 2.75) is 46.1 Å². The molecule has 0 aliphatic heterocycles. The molecule has 1 amide bonds. The minimum absolute atomic E-state index is 0.122. The van der Waals surface area contributed by atoms with Crippen molar-refractivity contribution in [1.82, 2.24) is 5.32 Å². The number of aryl methyl sites for hydroxylation is 1. The number of aliphatic carboxylic acids is 1. The lowest BCUT2D eigenvalue weighted by atomic mass is 9.98. The maximum atomic E-state index is 12.0. The number of carbonyl (C=O) groups is 2. The van der Waals surface area contributed by atoms with Crippen molar-refractivity contribution in [2.24, 2.45) is 11.8 Å². The Labute approximate surface area is 126 Å². The van der Waals surface area contributed by atoms with E-state index in [2.05, 4.69) is 17.4 Å². The molecule has 0 saturated heterocycles. The highest BCUT2D eigenvalue weighted by Crippen LogP contribution is 2.12. The molecule has 0 heterocycles. The molecule has 21 heavy (non-hydrogen) atoms. The number of carbonyl (C=O) groups excluding carboxylic acids is 1. The maximum absolute atomic E-state index is 12.0. The summed E-state index contributed by atoms with van der Waals surface area (Å²) in [5.41, 5.74) is 1.26. The van der Waals surface area contributed by atoms with Crippen molar-refractivity contribution in [3.05, 3.63) is 35.9 Å². The molecule has 1 aromatic rings. The summed E-state index contributed by atoms with van der Waals surface area (Å²) < 4.78 is 0. The number of rotatable bonds is 8. The van der Waals surface area contributed by atoms with E-state index in [0.29, 0.717) is 0 Å². The lowest BCUT2D eigenvalue weighted by Crippen LogP contribution is -2.46. The lowest BCUT2D eigenvalue weighted by molar-refractivity contribution is -0.143. The Bertz CT molecular complexity index is 456. The van der Waals surface area contributed by atoms with Gasteiger partial charge in [0.2, 0.25) is 5.91 Å². The Kier molecular flexibility index (Phi) is 6.92. The van der Waals surface area contributed by atoms with E-state index in [-0.39, 0.29) is 17.7 Å². The van der Waals surface area contributed by atoms with Gasteiger partial charge in [-0.15, -0.1) is 0 Å². The van der Waals surface area contributed by atoms with Crippen molar-refractivity contribution in [3.63, 3.8) is 0 Å². The summed E-state index contributed by atoms with van der Waals surface area (Å²) in [6, 6.07) is 9.33. The number of benzene rings is 1. The van der Waals surface area contributed by atoms with Crippen LogP contribution in [-0.2, 0) is 16.0 Å². The zero-order valence-electron chi connectivity index (χ0n) is 13.0. The predicted molar refractivity (Wildman–Crippen MR) is 82.9 cm³/mol. The van der Waals surface area contributed by atoms with Crippen LogP contribution in [0.5, 0.6) is 0 Å². The van der Waals surface area contributed by atoms with E-state index in [1.54, 1.807) is 13.8 Å². The third-order valence-corrected chi connectivity index (χ3v) is 3.62. The van der Waals surface area contributed by atoms with Gasteiger partial charge in [-0.1, -0.05) is 51.1 Å². The fourth-order valence-corrected chi connectivity index (χ4v) is 2.20. The summed E-state index contributed by atoms with van der Waals surface area (Å²) in [7, 11) is 0. The number of carboxylic acid groups (broad SMARTS) is 1. The van der Waals surface area contributed by atoms with Gasteiger partial charge in [0, 0.05) is 5.92 Å². The second-order valence-electron chi connectivity index (χ2n) is 5.85. The van der Waals surface area contributed by atoms with Gasteiger partial charge in [0.25, 0.3) is 0 Å². The highest BCUT2D eigenvalue weighted by molar-refractivity contribution is 5.84. The molecule has 0 aliphatic carbocycles. The molecule has 0 bridgehead atoms. The van der Waals surface area contributed by atoms with E-state index in [0.717, 1.165) is 19.3 Å². The first-order chi connectivity index (χ1) is 9.91. The van der Waals surface area contributed by atoms with Crippen LogP contribution in [0, 0.1) is 11.8 Å². The highest BCUT2D eigenvalue weighted by atomic mass is 16.4. The number of amides is 1. The molecule has 0 aliphatic rings. The number of carboxylic acids is 1. The van der Waals surface area contributed by atoms with Crippen molar-refractivity contribution in [1.29, 1.82) is 0 Å². The fraction of sp³-hybridized carbons (Fsp3) is 0.529. The average molecular weight is 291 g/mol. The molecule has 2 atom stereocenters. The summed E-state index contributed by atoms with van der Waals surface area (Å²) in [6.07, 6.45) is 2.61. The molecular weight excluding hydrogens is 266 g/mol. The first-order valence-corrected chi connectivity index (χ1v) is 7.49. The number of hydrogen-bond donors (Lipinski definition) is 2. The first-order valence-electron chi connectivity index (χ1n) is 7.49. The van der Waals surface area contributed by atoms with Crippen molar-refractivity contribution >= 4 is 11.9 Å². The van der Waals surface area contributed by atoms with Gasteiger partial charge in [0.05, 0.1) is 0 Å². The molecule has 0 radical (unpaired) electrons. The summed E-state index contributed by atoms with van der Waals surface area (Å²) in [6.45, 7) is 5.43. The molecule has 1 rings (SSSR count). The van der Waals surface area contributed by atoms with Crippen molar-refractivity contribution in [3.8, 4) is 0 Å². The molecule has 4 heteroatoms. The maximum Gasteiger partial charge on any atom is 0.326 e. The Morgan fingerprint density at radius 3 is 2.29 bits per heavy atom. The third kappa shape index (κ3) is 5.98. The number of nitrogens with one attached hydrogen (secondary N) is 1. The quantitative estimate of drug-likeness (QED) is 0.774. The molecule has 2 N–H and O–H groups in total. The van der Waals surface area contributed by atoms with Gasteiger partial charge in [-0.05, 0) is 30.7 Å². The lowest BCUT2D eigenvalue weighted by Gasteiger charge is -2.20. The van der Waals surface area contributed by atoms with Crippen LogP contribution in [0.1, 0.15) is 39.2 Å². The SMILES string of the molecule is CC(CCCc1ccccc1)C(=O)NC(C(=O)O)C(C)C. The Morgan fingerprint density at radius 2 is 1.76 bits per heavy atom. The molecule has 2 unspecified atom stereocenters. The van der Waals surface area contributed by atoms with Gasteiger partial charge >= 0.3 is 5.97 Å². The van der Waals surface area contributed by atoms with Gasteiger partial charge in [0.15, 0.2) is 0 Å². The standard InChI is InChI=1S/C17H25NO3/c1-12(2)15(17(20)21)18-16(19)13(3)8-7-11-14-9-5-4-6-10-14/h4-6,9-10,12-13,15H,7-8,11H2,1-3H3,(H,18,19)(H,20,21). The second-order valence-corrected chi connectivity index (χ2v) is 5.85. The van der Waals surface area contributed by atoms with Gasteiger partial charge in [-0.2, -0.15) is 0 Å². The Morgan fingerprint density at radius 1 is 1.14 bits per heavy atom. The fourth-order valence-electron chi connectivity index (χ4n) is 2.20. The Balaban J connectivity index is 2.39. The predicted octanol–water partition coefficient (Wildman–Crippen LogP) is 2.87. The van der Waals surface area contributed by atoms with Gasteiger partial charge in [-0.25, -0.2) is 4.79 Å². The van der Waals surface area contributed by atoms with Crippen LogP contribution in [0.4, 0.5) is 0 Å². The molecule has 1 aromatic carbocycles. The molecule has 0 spiro atoms.